The molecule has 0 bridgehead atoms. The van der Waals surface area contributed by atoms with Crippen LogP contribution in [0, 0.1) is 5.82 Å². The van der Waals surface area contributed by atoms with Gasteiger partial charge in [-0.05, 0) is 37.6 Å². The molecule has 2 aliphatic heterocycles. The minimum Gasteiger partial charge on any atom is -0.496 e. The Hall–Kier alpha value is -1.08. The number of piperidine rings is 1. The first kappa shape index (κ1) is 23.0. The Balaban J connectivity index is 0.00000169. The van der Waals surface area contributed by atoms with E-state index < -0.39 is 0 Å². The first-order valence-electron chi connectivity index (χ1n) is 8.74. The number of carbonyl (C=O) groups is 1. The summed E-state index contributed by atoms with van der Waals surface area (Å²) in [7, 11) is 1.60. The summed E-state index contributed by atoms with van der Waals surface area (Å²) in [6.45, 7) is 4.65. The van der Waals surface area contributed by atoms with Crippen molar-refractivity contribution < 1.29 is 13.9 Å². The summed E-state index contributed by atoms with van der Waals surface area (Å²) in [6.07, 6.45) is 3.23. The average Bonchev–Trinajstić information content (AvgIpc) is 2.63. The van der Waals surface area contributed by atoms with Crippen molar-refractivity contribution in [3.63, 3.8) is 0 Å². The Morgan fingerprint density at radius 3 is 2.58 bits per heavy atom. The molecule has 2 heterocycles. The molecule has 0 radical (unpaired) electrons. The molecule has 2 aliphatic rings. The molecule has 2 fully saturated rings. The molecular formula is C18H28Cl2FN3O2. The highest BCUT2D eigenvalue weighted by Gasteiger charge is 2.28. The van der Waals surface area contributed by atoms with E-state index in [4.69, 9.17) is 4.74 Å². The van der Waals surface area contributed by atoms with Crippen LogP contribution in [0.5, 0.6) is 5.75 Å². The summed E-state index contributed by atoms with van der Waals surface area (Å²) < 4.78 is 18.8. The zero-order chi connectivity index (χ0) is 16.9. The lowest BCUT2D eigenvalue weighted by Crippen LogP contribution is -2.54. The van der Waals surface area contributed by atoms with Gasteiger partial charge in [-0.1, -0.05) is 6.42 Å². The maximum atomic E-state index is 13.5. The molecule has 0 unspecified atom stereocenters. The van der Waals surface area contributed by atoms with E-state index in [2.05, 4.69) is 10.2 Å². The van der Waals surface area contributed by atoms with E-state index in [-0.39, 0.29) is 42.6 Å². The van der Waals surface area contributed by atoms with Gasteiger partial charge in [0.2, 0.25) is 5.91 Å². The van der Waals surface area contributed by atoms with Crippen molar-refractivity contribution in [1.82, 2.24) is 15.1 Å². The highest BCUT2D eigenvalue weighted by molar-refractivity contribution is 5.85. The van der Waals surface area contributed by atoms with E-state index in [1.165, 1.54) is 12.1 Å². The van der Waals surface area contributed by atoms with Crippen LogP contribution in [0.25, 0.3) is 0 Å². The molecule has 1 atom stereocenters. The molecule has 1 aromatic carbocycles. The van der Waals surface area contributed by atoms with Gasteiger partial charge in [0.05, 0.1) is 13.2 Å². The fourth-order valence-corrected chi connectivity index (χ4v) is 3.52. The number of ether oxygens (including phenoxy) is 1. The topological polar surface area (TPSA) is 44.8 Å². The fourth-order valence-electron chi connectivity index (χ4n) is 3.52. The number of benzene rings is 1. The SMILES string of the molecule is COc1ccc(F)cc1CN1CCN(C(=O)[C@H]2CCCCN2)CC1.Cl.Cl. The van der Waals surface area contributed by atoms with E-state index in [0.29, 0.717) is 12.3 Å². The first-order chi connectivity index (χ1) is 11.7. The van der Waals surface area contributed by atoms with Crippen LogP contribution in [0.3, 0.4) is 0 Å². The minimum absolute atomic E-state index is 0. The molecule has 3 rings (SSSR count). The zero-order valence-electron chi connectivity index (χ0n) is 15.1. The van der Waals surface area contributed by atoms with Crippen molar-refractivity contribution in [2.75, 3.05) is 39.8 Å². The molecule has 5 nitrogen and oxygen atoms in total. The molecule has 0 spiro atoms. The third-order valence-electron chi connectivity index (χ3n) is 4.93. The Morgan fingerprint density at radius 1 is 1.23 bits per heavy atom. The molecule has 26 heavy (non-hydrogen) atoms. The lowest BCUT2D eigenvalue weighted by atomic mass is 10.0. The number of hydrogen-bond donors (Lipinski definition) is 1. The maximum Gasteiger partial charge on any atom is 0.239 e. The first-order valence-corrected chi connectivity index (χ1v) is 8.74. The maximum absolute atomic E-state index is 13.5. The quantitative estimate of drug-likeness (QED) is 0.832. The smallest absolute Gasteiger partial charge is 0.239 e. The van der Waals surface area contributed by atoms with Crippen molar-refractivity contribution >= 4 is 30.7 Å². The number of halogens is 3. The predicted octanol–water partition coefficient (Wildman–Crippen LogP) is 2.46. The molecule has 0 aromatic heterocycles. The van der Waals surface area contributed by atoms with Crippen molar-refractivity contribution in [2.24, 2.45) is 0 Å². The van der Waals surface area contributed by atoms with Gasteiger partial charge in [0.15, 0.2) is 0 Å². The third kappa shape index (κ3) is 5.71. The number of rotatable bonds is 4. The number of carbonyl (C=O) groups excluding carboxylic acids is 1. The summed E-state index contributed by atoms with van der Waals surface area (Å²) in [5, 5.41) is 3.33. The van der Waals surface area contributed by atoms with E-state index >= 15 is 0 Å². The fraction of sp³-hybridized carbons (Fsp3) is 0.611. The van der Waals surface area contributed by atoms with Gasteiger partial charge in [-0.15, -0.1) is 24.8 Å². The summed E-state index contributed by atoms with van der Waals surface area (Å²) in [5.74, 6) is 0.696. The molecule has 8 heteroatoms. The third-order valence-corrected chi connectivity index (χ3v) is 4.93. The highest BCUT2D eigenvalue weighted by Crippen LogP contribution is 2.22. The number of nitrogens with zero attached hydrogens (tertiary/aromatic N) is 2. The number of amides is 1. The number of methoxy groups -OCH3 is 1. The van der Waals surface area contributed by atoms with Crippen LogP contribution in [0.2, 0.25) is 0 Å². The molecule has 0 saturated carbocycles. The van der Waals surface area contributed by atoms with E-state index in [1.807, 2.05) is 4.90 Å². The summed E-state index contributed by atoms with van der Waals surface area (Å²) in [6, 6.07) is 4.60. The Labute approximate surface area is 167 Å². The van der Waals surface area contributed by atoms with Gasteiger partial charge < -0.3 is 15.0 Å². The van der Waals surface area contributed by atoms with Crippen molar-refractivity contribution in [2.45, 2.75) is 31.8 Å². The standard InChI is InChI=1S/C18H26FN3O2.2ClH/c1-24-17-6-5-15(19)12-14(17)13-21-8-10-22(11-9-21)18(23)16-4-2-3-7-20-16;;/h5-6,12,16,20H,2-4,7-11,13H2,1H3;2*1H/t16-;;/m1../s1. The van der Waals surface area contributed by atoms with Gasteiger partial charge in [0.25, 0.3) is 0 Å². The van der Waals surface area contributed by atoms with Gasteiger partial charge in [-0.2, -0.15) is 0 Å². The average molecular weight is 408 g/mol. The summed E-state index contributed by atoms with van der Waals surface area (Å²) in [5.41, 5.74) is 0.853. The Morgan fingerprint density at radius 2 is 1.96 bits per heavy atom. The summed E-state index contributed by atoms with van der Waals surface area (Å²) >= 11 is 0. The normalized spacial score (nSPS) is 20.7. The molecule has 1 amide bonds. The minimum atomic E-state index is -0.247. The van der Waals surface area contributed by atoms with Crippen molar-refractivity contribution in [3.05, 3.63) is 29.6 Å². The molecule has 148 valence electrons. The molecule has 1 aromatic rings. The molecule has 0 aliphatic carbocycles. The number of piperazine rings is 1. The highest BCUT2D eigenvalue weighted by atomic mass is 35.5. The van der Waals surface area contributed by atoms with Gasteiger partial charge in [-0.3, -0.25) is 9.69 Å². The molecule has 2 saturated heterocycles. The van der Waals surface area contributed by atoms with E-state index in [0.717, 1.165) is 57.5 Å². The molecular weight excluding hydrogens is 380 g/mol. The van der Waals surface area contributed by atoms with Gasteiger partial charge >= 0.3 is 0 Å². The largest absolute Gasteiger partial charge is 0.496 e. The van der Waals surface area contributed by atoms with Crippen molar-refractivity contribution in [1.29, 1.82) is 0 Å². The van der Waals surface area contributed by atoms with Crippen molar-refractivity contribution in [3.8, 4) is 5.75 Å². The van der Waals surface area contributed by atoms with Crippen LogP contribution >= 0.6 is 24.8 Å². The number of nitrogens with one attached hydrogen (secondary N) is 1. The lowest BCUT2D eigenvalue weighted by molar-refractivity contribution is -0.135. The van der Waals surface area contributed by atoms with Crippen LogP contribution < -0.4 is 10.1 Å². The van der Waals surface area contributed by atoms with Crippen LogP contribution in [-0.2, 0) is 11.3 Å². The second-order valence-corrected chi connectivity index (χ2v) is 6.56. The second kappa shape index (κ2) is 10.9. The van der Waals surface area contributed by atoms with Crippen LogP contribution in [0.1, 0.15) is 24.8 Å². The predicted molar refractivity (Wildman–Crippen MR) is 105 cm³/mol. The summed E-state index contributed by atoms with van der Waals surface area (Å²) in [4.78, 5) is 16.7. The Kier molecular flexibility index (Phi) is 9.64. The van der Waals surface area contributed by atoms with Gasteiger partial charge in [0.1, 0.15) is 11.6 Å². The van der Waals surface area contributed by atoms with Crippen LogP contribution in [0.15, 0.2) is 18.2 Å². The van der Waals surface area contributed by atoms with Gasteiger partial charge in [0, 0.05) is 38.3 Å². The number of hydrogen-bond acceptors (Lipinski definition) is 4. The second-order valence-electron chi connectivity index (χ2n) is 6.56. The zero-order valence-corrected chi connectivity index (χ0v) is 16.7. The monoisotopic (exact) mass is 407 g/mol. The Bertz CT molecular complexity index is 578. The van der Waals surface area contributed by atoms with Crippen LogP contribution in [0.4, 0.5) is 4.39 Å². The van der Waals surface area contributed by atoms with Gasteiger partial charge in [-0.25, -0.2) is 4.39 Å². The lowest BCUT2D eigenvalue weighted by Gasteiger charge is -2.37. The van der Waals surface area contributed by atoms with E-state index in [9.17, 15) is 9.18 Å². The molecule has 1 N–H and O–H groups in total. The van der Waals surface area contributed by atoms with E-state index in [1.54, 1.807) is 13.2 Å². The van der Waals surface area contributed by atoms with Crippen LogP contribution in [-0.4, -0.2) is 61.6 Å².